The van der Waals surface area contributed by atoms with E-state index < -0.39 is 37.3 Å². The summed E-state index contributed by atoms with van der Waals surface area (Å²) in [4.78, 5) is 0. The van der Waals surface area contributed by atoms with Crippen molar-refractivity contribution in [2.75, 3.05) is 33.5 Å². The van der Waals surface area contributed by atoms with E-state index in [4.69, 9.17) is 114 Å². The van der Waals surface area contributed by atoms with Gasteiger partial charge in [0.25, 0.3) is 0 Å². The highest BCUT2D eigenvalue weighted by Crippen LogP contribution is 2.22. The molecule has 0 bridgehead atoms. The van der Waals surface area contributed by atoms with Crippen LogP contribution >= 0.6 is 0 Å². The standard InChI is InChI=1S/C18H33N3O7.C2H6O.CH4O.2H2O3.6H2O2/c1-2-21-10-13(19-20-21)12-26-8-6-4-3-5-7-9-27-18-17(25)16(24)15(23)14(11-22)28-18;1-2-3;1-2;2*1-3-2;6*1-2/h10,14-18,22-25H,2-9,11-12H2,1H3;3H,2H2,1H3;2H,1H3;2*1-2H;6*1-2H. The van der Waals surface area contributed by atoms with E-state index in [1.807, 2.05) is 13.1 Å². The molecular weight excluding hydrogens is 726 g/mol. The van der Waals surface area contributed by atoms with E-state index in [9.17, 15) is 15.3 Å². The van der Waals surface area contributed by atoms with Crippen molar-refractivity contribution in [2.24, 2.45) is 0 Å². The maximum absolute atomic E-state index is 9.88. The normalized spacial score (nSPS) is 17.2. The largest absolute Gasteiger partial charge is 0.400 e. The fourth-order valence-corrected chi connectivity index (χ4v) is 2.98. The second-order valence-corrected chi connectivity index (χ2v) is 7.43. The first-order chi connectivity index (χ1) is 24.8. The smallest absolute Gasteiger partial charge is 0.186 e. The number of ether oxygens (including phenoxy) is 3. The molecule has 2 heterocycles. The monoisotopic (exact) mass is 785 g/mol. The van der Waals surface area contributed by atoms with Crippen LogP contribution in [0.3, 0.4) is 0 Å². The Kier molecular flexibility index (Phi) is 102. The zero-order valence-corrected chi connectivity index (χ0v) is 28.0. The van der Waals surface area contributed by atoms with Crippen molar-refractivity contribution in [2.45, 2.75) is 89.8 Å². The molecule has 22 N–H and O–H groups in total. The van der Waals surface area contributed by atoms with Crippen LogP contribution in [-0.4, -0.2) is 194 Å². The lowest BCUT2D eigenvalue weighted by Gasteiger charge is -2.39. The minimum absolute atomic E-state index is 0.250. The summed E-state index contributed by atoms with van der Waals surface area (Å²) in [7, 11) is 1.00. The number of aliphatic hydroxyl groups is 6. The van der Waals surface area contributed by atoms with Gasteiger partial charge in [-0.1, -0.05) is 34.6 Å². The molecule has 30 nitrogen and oxygen atoms in total. The fourth-order valence-electron chi connectivity index (χ4n) is 2.98. The summed E-state index contributed by atoms with van der Waals surface area (Å²) in [5, 5.41) is 164. The number of aliphatic hydroxyl groups excluding tert-OH is 6. The SMILES string of the molecule is CCO.CCn1cc(COCCCCCCCOC2OC(CO)C(O)C(O)C2O)nn1.CO.OO.OO.OO.OO.OO.OO.OOO.OOO. The third kappa shape index (κ3) is 52.5. The average molecular weight is 786 g/mol. The summed E-state index contributed by atoms with van der Waals surface area (Å²) in [6, 6.07) is 0. The molecule has 0 saturated carbocycles. The highest BCUT2D eigenvalue weighted by Gasteiger charge is 2.43. The van der Waals surface area contributed by atoms with Crippen LogP contribution in [0.4, 0.5) is 0 Å². The van der Waals surface area contributed by atoms with Crippen LogP contribution in [0.1, 0.15) is 51.6 Å². The predicted octanol–water partition coefficient (Wildman–Crippen LogP) is -0.809. The predicted molar refractivity (Wildman–Crippen MR) is 163 cm³/mol. The van der Waals surface area contributed by atoms with Crippen molar-refractivity contribution in [3.05, 3.63) is 11.9 Å². The number of rotatable bonds is 13. The molecule has 5 unspecified atom stereocenters. The van der Waals surface area contributed by atoms with Gasteiger partial charge in [0.15, 0.2) is 6.29 Å². The molecule has 1 saturated heterocycles. The third-order valence-corrected chi connectivity index (χ3v) is 4.72. The number of aromatic nitrogens is 3. The summed E-state index contributed by atoms with van der Waals surface area (Å²) in [6.07, 6.45) is 0.597. The molecular formula is C21H59N3O27. The molecule has 5 atom stereocenters. The van der Waals surface area contributed by atoms with Crippen LogP contribution in [0.2, 0.25) is 0 Å². The number of aryl methyl sites for hydroxylation is 1. The third-order valence-electron chi connectivity index (χ3n) is 4.72. The van der Waals surface area contributed by atoms with Crippen molar-refractivity contribution in [1.82, 2.24) is 15.0 Å². The molecule has 51 heavy (non-hydrogen) atoms. The van der Waals surface area contributed by atoms with Gasteiger partial charge >= 0.3 is 0 Å². The van der Waals surface area contributed by atoms with Gasteiger partial charge in [0.2, 0.25) is 0 Å². The highest BCUT2D eigenvalue weighted by atomic mass is 17.4. The van der Waals surface area contributed by atoms with Crippen molar-refractivity contribution in [3.8, 4) is 0 Å². The van der Waals surface area contributed by atoms with Crippen molar-refractivity contribution >= 4 is 0 Å². The van der Waals surface area contributed by atoms with Gasteiger partial charge in [0.05, 0.1) is 19.4 Å². The molecule has 1 aromatic heterocycles. The van der Waals surface area contributed by atoms with E-state index in [1.54, 1.807) is 11.6 Å². The number of hydrogen-bond acceptors (Lipinski definition) is 29. The first-order valence-electron chi connectivity index (χ1n) is 13.4. The Hall–Kier alpha value is -1.94. The first-order valence-corrected chi connectivity index (χ1v) is 13.4. The van der Waals surface area contributed by atoms with E-state index in [-0.39, 0.29) is 6.61 Å². The second-order valence-electron chi connectivity index (χ2n) is 7.43. The minimum Gasteiger partial charge on any atom is -0.400 e. The van der Waals surface area contributed by atoms with Gasteiger partial charge in [0.1, 0.15) is 30.1 Å². The molecule has 0 radical (unpaired) electrons. The molecule has 320 valence electrons. The zero-order valence-electron chi connectivity index (χ0n) is 28.0. The molecule has 2 rings (SSSR count). The Balaban J connectivity index is -0.0000000917. The Morgan fingerprint density at radius 1 is 0.667 bits per heavy atom. The number of unbranched alkanes of at least 4 members (excludes halogenated alkanes) is 4. The van der Waals surface area contributed by atoms with Gasteiger partial charge in [-0.3, -0.25) is 67.8 Å². The van der Waals surface area contributed by atoms with Crippen LogP contribution in [0.5, 0.6) is 0 Å². The van der Waals surface area contributed by atoms with Crippen molar-refractivity contribution in [3.63, 3.8) is 0 Å². The zero-order chi connectivity index (χ0) is 42.5. The Morgan fingerprint density at radius 3 is 1.43 bits per heavy atom. The topological polar surface area (TPSA) is 522 Å². The Morgan fingerprint density at radius 2 is 1.06 bits per heavy atom. The molecule has 0 aromatic carbocycles. The summed E-state index contributed by atoms with van der Waals surface area (Å²) >= 11 is 0. The molecule has 30 heteroatoms. The lowest BCUT2D eigenvalue weighted by Crippen LogP contribution is -2.59. The van der Waals surface area contributed by atoms with Gasteiger partial charge in [-0.05, 0) is 26.7 Å². The lowest BCUT2D eigenvalue weighted by atomic mass is 9.99. The van der Waals surface area contributed by atoms with E-state index >= 15 is 0 Å². The van der Waals surface area contributed by atoms with E-state index in [0.29, 0.717) is 19.8 Å². The number of nitrogens with zero attached hydrogens (tertiary/aromatic N) is 3. The molecule has 1 aromatic rings. The van der Waals surface area contributed by atoms with Gasteiger partial charge in [0, 0.05) is 33.5 Å². The van der Waals surface area contributed by atoms with Gasteiger partial charge in [-0.25, -0.2) is 21.0 Å². The van der Waals surface area contributed by atoms with Crippen LogP contribution in [0.15, 0.2) is 6.20 Å². The molecule has 1 aliphatic heterocycles. The molecule has 0 amide bonds. The molecule has 0 spiro atoms. The lowest BCUT2D eigenvalue weighted by molar-refractivity contribution is -0.465. The average Bonchev–Trinajstić information content (AvgIpc) is 3.67. The maximum atomic E-state index is 9.88. The van der Waals surface area contributed by atoms with Crippen molar-refractivity contribution < 1.29 is 139 Å². The van der Waals surface area contributed by atoms with Gasteiger partial charge in [-0.15, -0.1) is 5.10 Å². The second kappa shape index (κ2) is 73.5. The minimum atomic E-state index is -1.40. The molecule has 1 aliphatic rings. The van der Waals surface area contributed by atoms with Crippen molar-refractivity contribution in [1.29, 1.82) is 0 Å². The quantitative estimate of drug-likeness (QED) is 0.0660. The molecule has 0 aliphatic carbocycles. The van der Waals surface area contributed by atoms with E-state index in [1.165, 1.54) is 0 Å². The van der Waals surface area contributed by atoms with E-state index in [2.05, 4.69) is 20.4 Å². The Labute approximate surface area is 290 Å². The van der Waals surface area contributed by atoms with Gasteiger partial charge in [-0.2, -0.15) is 0 Å². The summed E-state index contributed by atoms with van der Waals surface area (Å²) < 4.78 is 18.1. The first kappa shape index (κ1) is 70.6. The highest BCUT2D eigenvalue weighted by molar-refractivity contribution is 4.89. The van der Waals surface area contributed by atoms with Crippen LogP contribution in [0, 0.1) is 0 Å². The maximum Gasteiger partial charge on any atom is 0.186 e. The van der Waals surface area contributed by atoms with Crippen LogP contribution < -0.4 is 0 Å². The van der Waals surface area contributed by atoms with Crippen LogP contribution in [-0.2, 0) is 37.4 Å². The number of hydrogen-bond donors (Lipinski definition) is 22. The van der Waals surface area contributed by atoms with E-state index in [0.717, 1.165) is 51.5 Å². The summed E-state index contributed by atoms with van der Waals surface area (Å²) in [6.45, 7) is 5.81. The Bertz CT molecular complexity index is 609. The molecule has 1 fully saturated rings. The van der Waals surface area contributed by atoms with Gasteiger partial charge < -0.3 is 44.8 Å². The fraction of sp³-hybridized carbons (Fsp3) is 0.905. The summed E-state index contributed by atoms with van der Waals surface area (Å²) in [5.74, 6) is 0. The van der Waals surface area contributed by atoms with Crippen LogP contribution in [0.25, 0.3) is 0 Å². The summed E-state index contributed by atoms with van der Waals surface area (Å²) in [5.41, 5.74) is 0.840.